The molecular formula is C14H16ClN3. The Morgan fingerprint density at radius 1 is 1.33 bits per heavy atom. The van der Waals surface area contributed by atoms with Gasteiger partial charge in [-0.1, -0.05) is 23.7 Å². The second kappa shape index (κ2) is 5.12. The molecule has 1 aromatic carbocycles. The molecule has 1 aromatic heterocycles. The number of benzene rings is 1. The number of nitrogens with one attached hydrogen (secondary N) is 2. The Morgan fingerprint density at radius 3 is 2.94 bits per heavy atom. The molecule has 18 heavy (non-hydrogen) atoms. The highest BCUT2D eigenvalue weighted by molar-refractivity contribution is 6.30. The van der Waals surface area contributed by atoms with Crippen molar-refractivity contribution in [3.8, 4) is 0 Å². The molecule has 4 heteroatoms. The van der Waals surface area contributed by atoms with E-state index < -0.39 is 0 Å². The number of hydrogen-bond acceptors (Lipinski definition) is 2. The second-order valence-corrected chi connectivity index (χ2v) is 5.32. The van der Waals surface area contributed by atoms with E-state index in [0.29, 0.717) is 12.0 Å². The molecule has 1 saturated carbocycles. The number of aromatic nitrogens is 2. The van der Waals surface area contributed by atoms with Gasteiger partial charge in [-0.25, -0.2) is 0 Å². The summed E-state index contributed by atoms with van der Waals surface area (Å²) < 4.78 is 0. The van der Waals surface area contributed by atoms with Crippen molar-refractivity contribution in [2.75, 3.05) is 0 Å². The van der Waals surface area contributed by atoms with Crippen LogP contribution in [-0.4, -0.2) is 16.2 Å². The number of halogens is 1. The molecule has 94 valence electrons. The minimum atomic E-state index is 0.609. The zero-order valence-electron chi connectivity index (χ0n) is 10.1. The zero-order chi connectivity index (χ0) is 12.4. The van der Waals surface area contributed by atoms with Crippen LogP contribution >= 0.6 is 11.6 Å². The third kappa shape index (κ3) is 2.57. The Kier molecular flexibility index (Phi) is 3.35. The van der Waals surface area contributed by atoms with E-state index in [-0.39, 0.29) is 0 Å². The first-order valence-corrected chi connectivity index (χ1v) is 6.66. The summed E-state index contributed by atoms with van der Waals surface area (Å²) in [5.74, 6) is 0.656. The average Bonchev–Trinajstić information content (AvgIpc) is 2.80. The lowest BCUT2D eigenvalue weighted by molar-refractivity contribution is 0.288. The van der Waals surface area contributed by atoms with Crippen LogP contribution in [0.15, 0.2) is 36.5 Å². The van der Waals surface area contributed by atoms with E-state index in [1.807, 2.05) is 18.2 Å². The van der Waals surface area contributed by atoms with Crippen molar-refractivity contribution < 1.29 is 0 Å². The highest BCUT2D eigenvalue weighted by Gasteiger charge is 2.29. The number of nitrogens with zero attached hydrogens (tertiary/aromatic N) is 1. The average molecular weight is 262 g/mol. The minimum absolute atomic E-state index is 0.609. The molecule has 0 aliphatic heterocycles. The first-order valence-electron chi connectivity index (χ1n) is 6.28. The van der Waals surface area contributed by atoms with Crippen molar-refractivity contribution in [1.29, 1.82) is 0 Å². The molecular weight excluding hydrogens is 246 g/mol. The van der Waals surface area contributed by atoms with Crippen LogP contribution in [0.4, 0.5) is 0 Å². The van der Waals surface area contributed by atoms with Gasteiger partial charge in [0.25, 0.3) is 0 Å². The lowest BCUT2D eigenvalue weighted by atomic mass is 9.76. The van der Waals surface area contributed by atoms with Crippen LogP contribution in [-0.2, 0) is 6.54 Å². The van der Waals surface area contributed by atoms with E-state index in [4.69, 9.17) is 11.6 Å². The molecule has 1 aliphatic carbocycles. The van der Waals surface area contributed by atoms with E-state index >= 15 is 0 Å². The predicted octanol–water partition coefficient (Wildman–Crippen LogP) is 3.10. The zero-order valence-corrected chi connectivity index (χ0v) is 10.8. The Hall–Kier alpha value is -1.32. The Morgan fingerprint density at radius 2 is 2.22 bits per heavy atom. The molecule has 1 aliphatic rings. The summed E-state index contributed by atoms with van der Waals surface area (Å²) in [6.07, 6.45) is 4.16. The van der Waals surface area contributed by atoms with Crippen LogP contribution in [0.2, 0.25) is 5.02 Å². The summed E-state index contributed by atoms with van der Waals surface area (Å²) in [5.41, 5.74) is 2.50. The highest BCUT2D eigenvalue weighted by atomic mass is 35.5. The predicted molar refractivity (Wildman–Crippen MR) is 72.6 cm³/mol. The maximum Gasteiger partial charge on any atom is 0.0490 e. The van der Waals surface area contributed by atoms with Gasteiger partial charge in [-0.15, -0.1) is 0 Å². The van der Waals surface area contributed by atoms with Crippen LogP contribution in [0.25, 0.3) is 0 Å². The van der Waals surface area contributed by atoms with E-state index in [9.17, 15) is 0 Å². The van der Waals surface area contributed by atoms with Crippen molar-refractivity contribution in [1.82, 2.24) is 15.5 Å². The summed E-state index contributed by atoms with van der Waals surface area (Å²) in [4.78, 5) is 0. The molecule has 1 fully saturated rings. The van der Waals surface area contributed by atoms with Gasteiger partial charge < -0.3 is 5.32 Å². The summed E-state index contributed by atoms with van der Waals surface area (Å²) in [6.45, 7) is 0.868. The normalized spacial score (nSPS) is 22.7. The second-order valence-electron chi connectivity index (χ2n) is 4.88. The topological polar surface area (TPSA) is 40.7 Å². The number of rotatable bonds is 4. The maximum atomic E-state index is 6.01. The monoisotopic (exact) mass is 261 g/mol. The van der Waals surface area contributed by atoms with Crippen LogP contribution in [0.1, 0.15) is 30.0 Å². The fourth-order valence-electron chi connectivity index (χ4n) is 2.45. The van der Waals surface area contributed by atoms with Gasteiger partial charge in [0, 0.05) is 29.5 Å². The maximum absolute atomic E-state index is 6.01. The van der Waals surface area contributed by atoms with Crippen molar-refractivity contribution in [3.63, 3.8) is 0 Å². The van der Waals surface area contributed by atoms with Crippen molar-refractivity contribution in [3.05, 3.63) is 52.8 Å². The molecule has 3 rings (SSSR count). The molecule has 3 nitrogen and oxygen atoms in total. The minimum Gasteiger partial charge on any atom is -0.308 e. The van der Waals surface area contributed by atoms with Gasteiger partial charge >= 0.3 is 0 Å². The molecule has 0 radical (unpaired) electrons. The lowest BCUT2D eigenvalue weighted by Gasteiger charge is -2.36. The Bertz CT molecular complexity index is 504. The van der Waals surface area contributed by atoms with E-state index in [0.717, 1.165) is 17.3 Å². The number of aromatic amines is 1. The standard InChI is InChI=1S/C14H16ClN3/c15-12-3-1-2-10(6-12)11-7-14(8-11)16-9-13-4-5-17-18-13/h1-6,11,14,16H,7-9H2,(H,17,18). The third-order valence-electron chi connectivity index (χ3n) is 3.60. The van der Waals surface area contributed by atoms with Crippen LogP contribution in [0.5, 0.6) is 0 Å². The van der Waals surface area contributed by atoms with E-state index in [1.165, 1.54) is 18.4 Å². The first-order chi connectivity index (χ1) is 8.81. The molecule has 0 atom stereocenters. The molecule has 0 bridgehead atoms. The van der Waals surface area contributed by atoms with E-state index in [1.54, 1.807) is 6.20 Å². The van der Waals surface area contributed by atoms with Gasteiger partial charge in [-0.2, -0.15) is 5.10 Å². The molecule has 2 N–H and O–H groups in total. The highest BCUT2D eigenvalue weighted by Crippen LogP contribution is 2.37. The SMILES string of the molecule is Clc1cccc(C2CC(NCc3ccn[nH]3)C2)c1. The summed E-state index contributed by atoms with van der Waals surface area (Å²) in [7, 11) is 0. The van der Waals surface area contributed by atoms with Gasteiger partial charge in [0.15, 0.2) is 0 Å². The van der Waals surface area contributed by atoms with Crippen LogP contribution in [0.3, 0.4) is 0 Å². The van der Waals surface area contributed by atoms with Crippen molar-refractivity contribution >= 4 is 11.6 Å². The van der Waals surface area contributed by atoms with Gasteiger partial charge in [0.05, 0.1) is 0 Å². The van der Waals surface area contributed by atoms with Gasteiger partial charge in [-0.05, 0) is 42.5 Å². The largest absolute Gasteiger partial charge is 0.308 e. The van der Waals surface area contributed by atoms with Gasteiger partial charge in [-0.3, -0.25) is 5.10 Å². The summed E-state index contributed by atoms with van der Waals surface area (Å²) in [6, 6.07) is 10.8. The summed E-state index contributed by atoms with van der Waals surface area (Å²) in [5, 5.41) is 11.3. The molecule has 0 unspecified atom stereocenters. The molecule has 0 amide bonds. The first kappa shape index (κ1) is 11.8. The number of H-pyrrole nitrogens is 1. The van der Waals surface area contributed by atoms with Gasteiger partial charge in [0.1, 0.15) is 0 Å². The van der Waals surface area contributed by atoms with Crippen molar-refractivity contribution in [2.45, 2.75) is 31.3 Å². The lowest BCUT2D eigenvalue weighted by Crippen LogP contribution is -2.39. The fraction of sp³-hybridized carbons (Fsp3) is 0.357. The Balaban J connectivity index is 1.48. The quantitative estimate of drug-likeness (QED) is 0.888. The van der Waals surface area contributed by atoms with E-state index in [2.05, 4.69) is 27.6 Å². The molecule has 1 heterocycles. The fourth-order valence-corrected chi connectivity index (χ4v) is 2.65. The van der Waals surface area contributed by atoms with Crippen LogP contribution < -0.4 is 5.32 Å². The van der Waals surface area contributed by atoms with Crippen molar-refractivity contribution in [2.24, 2.45) is 0 Å². The summed E-state index contributed by atoms with van der Waals surface area (Å²) >= 11 is 6.01. The molecule has 0 saturated heterocycles. The molecule has 2 aromatic rings. The smallest absolute Gasteiger partial charge is 0.0490 e. The van der Waals surface area contributed by atoms with Crippen LogP contribution in [0, 0.1) is 0 Å². The number of hydrogen-bond donors (Lipinski definition) is 2. The third-order valence-corrected chi connectivity index (χ3v) is 3.83. The van der Waals surface area contributed by atoms with Gasteiger partial charge in [0.2, 0.25) is 0 Å². The Labute approximate surface area is 112 Å². The molecule has 0 spiro atoms.